The first-order chi connectivity index (χ1) is 12.0. The van der Waals surface area contributed by atoms with Crippen LogP contribution in [0.25, 0.3) is 10.9 Å². The van der Waals surface area contributed by atoms with Crippen LogP contribution in [-0.2, 0) is 11.3 Å². The van der Waals surface area contributed by atoms with Crippen LogP contribution in [0.4, 0.5) is 0 Å². The maximum Gasteiger partial charge on any atom is 0.323 e. The van der Waals surface area contributed by atoms with Crippen molar-refractivity contribution < 1.29 is 14.6 Å². The van der Waals surface area contributed by atoms with Crippen LogP contribution in [0.15, 0.2) is 71.1 Å². The van der Waals surface area contributed by atoms with E-state index in [0.29, 0.717) is 17.9 Å². The van der Waals surface area contributed by atoms with E-state index in [4.69, 9.17) is 9.84 Å². The third-order valence-corrected chi connectivity index (χ3v) is 3.65. The Hall–Kier alpha value is -3.08. The van der Waals surface area contributed by atoms with Gasteiger partial charge in [-0.3, -0.25) is 14.2 Å². The molecule has 0 saturated heterocycles. The van der Waals surface area contributed by atoms with Crippen molar-refractivity contribution in [3.8, 4) is 5.75 Å². The molecule has 0 atom stereocenters. The molecule has 0 amide bonds. The number of rotatable bonds is 7. The average Bonchev–Trinajstić information content (AvgIpc) is 2.60. The number of pyridine rings is 1. The minimum absolute atomic E-state index is 0.351. The molecule has 1 N–H and O–H groups in total. The van der Waals surface area contributed by atoms with Gasteiger partial charge in [-0.15, -0.1) is 0 Å². The largest absolute Gasteiger partial charge is 0.489 e. The van der Waals surface area contributed by atoms with E-state index in [-0.39, 0.29) is 12.1 Å². The topological polar surface area (TPSA) is 68.5 Å². The summed E-state index contributed by atoms with van der Waals surface area (Å²) in [6.45, 7) is 3.88. The summed E-state index contributed by atoms with van der Waals surface area (Å²) in [6, 6.07) is 8.36. The molecule has 0 aliphatic carbocycles. The van der Waals surface area contributed by atoms with E-state index in [9.17, 15) is 9.59 Å². The van der Waals surface area contributed by atoms with Gasteiger partial charge in [0.1, 0.15) is 18.9 Å². The van der Waals surface area contributed by atoms with Gasteiger partial charge in [0.15, 0.2) is 0 Å². The number of aromatic nitrogens is 1. The monoisotopic (exact) mass is 339 g/mol. The number of aliphatic carboxylic acids is 1. The van der Waals surface area contributed by atoms with E-state index in [0.717, 1.165) is 11.0 Å². The number of carboxylic acid groups (broad SMARTS) is 1. The third-order valence-electron chi connectivity index (χ3n) is 3.65. The molecule has 1 heterocycles. The quantitative estimate of drug-likeness (QED) is 0.783. The molecule has 0 spiro atoms. The SMILES string of the molecule is C\C=C/C=C\C(=C/C)COc1ccc2ccc(=O)n(CC(=O)O)c2c1. The lowest BCUT2D eigenvalue weighted by Crippen LogP contribution is -2.23. The highest BCUT2D eigenvalue weighted by molar-refractivity contribution is 5.81. The van der Waals surface area contributed by atoms with E-state index in [1.807, 2.05) is 50.3 Å². The average molecular weight is 339 g/mol. The third kappa shape index (κ3) is 4.94. The van der Waals surface area contributed by atoms with Gasteiger partial charge in [0, 0.05) is 12.1 Å². The van der Waals surface area contributed by atoms with Gasteiger partial charge in [-0.2, -0.15) is 0 Å². The molecule has 0 aliphatic heterocycles. The van der Waals surface area contributed by atoms with Crippen LogP contribution >= 0.6 is 0 Å². The summed E-state index contributed by atoms with van der Waals surface area (Å²) in [5, 5.41) is 9.80. The van der Waals surface area contributed by atoms with Crippen molar-refractivity contribution in [3.63, 3.8) is 0 Å². The highest BCUT2D eigenvalue weighted by Crippen LogP contribution is 2.20. The van der Waals surface area contributed by atoms with Gasteiger partial charge in [-0.05, 0) is 43.0 Å². The molecule has 2 rings (SSSR count). The Morgan fingerprint density at radius 2 is 1.96 bits per heavy atom. The maximum absolute atomic E-state index is 12.0. The molecule has 0 radical (unpaired) electrons. The van der Waals surface area contributed by atoms with E-state index in [2.05, 4.69) is 0 Å². The zero-order chi connectivity index (χ0) is 18.2. The van der Waals surface area contributed by atoms with Gasteiger partial charge in [0.2, 0.25) is 0 Å². The second-order valence-corrected chi connectivity index (χ2v) is 5.41. The molecular weight excluding hydrogens is 318 g/mol. The lowest BCUT2D eigenvalue weighted by atomic mass is 10.2. The fourth-order valence-corrected chi connectivity index (χ4v) is 2.34. The number of hydrogen-bond acceptors (Lipinski definition) is 3. The van der Waals surface area contributed by atoms with Gasteiger partial charge in [0.25, 0.3) is 5.56 Å². The summed E-state index contributed by atoms with van der Waals surface area (Å²) in [4.78, 5) is 23.0. The van der Waals surface area contributed by atoms with E-state index >= 15 is 0 Å². The number of hydrogen-bond donors (Lipinski definition) is 1. The van der Waals surface area contributed by atoms with Crippen LogP contribution in [0.1, 0.15) is 13.8 Å². The summed E-state index contributed by atoms with van der Waals surface area (Å²) in [5.41, 5.74) is 1.20. The smallest absolute Gasteiger partial charge is 0.323 e. The second kappa shape index (κ2) is 8.68. The first kappa shape index (κ1) is 18.3. The number of fused-ring (bicyclic) bond motifs is 1. The predicted octanol–water partition coefficient (Wildman–Crippen LogP) is 3.54. The van der Waals surface area contributed by atoms with Gasteiger partial charge in [0.05, 0.1) is 5.52 Å². The van der Waals surface area contributed by atoms with Gasteiger partial charge < -0.3 is 9.84 Å². The van der Waals surface area contributed by atoms with Crippen molar-refractivity contribution in [2.24, 2.45) is 0 Å². The Morgan fingerprint density at radius 1 is 1.20 bits per heavy atom. The molecule has 0 unspecified atom stereocenters. The van der Waals surface area contributed by atoms with Crippen LogP contribution in [0.3, 0.4) is 0 Å². The molecular formula is C20H21NO4. The van der Waals surface area contributed by atoms with E-state index in [1.165, 1.54) is 10.6 Å². The van der Waals surface area contributed by atoms with Crippen molar-refractivity contribution in [1.29, 1.82) is 0 Å². The Bertz CT molecular complexity index is 904. The number of ether oxygens (including phenoxy) is 1. The first-order valence-electron chi connectivity index (χ1n) is 7.98. The van der Waals surface area contributed by atoms with Crippen molar-refractivity contribution in [2.45, 2.75) is 20.4 Å². The Morgan fingerprint density at radius 3 is 2.64 bits per heavy atom. The minimum Gasteiger partial charge on any atom is -0.489 e. The molecule has 1 aromatic carbocycles. The predicted molar refractivity (Wildman–Crippen MR) is 99.0 cm³/mol. The second-order valence-electron chi connectivity index (χ2n) is 5.41. The summed E-state index contributed by atoms with van der Waals surface area (Å²) in [5.74, 6) is -0.484. The van der Waals surface area contributed by atoms with Crippen LogP contribution in [0.2, 0.25) is 0 Å². The van der Waals surface area contributed by atoms with Crippen LogP contribution in [0, 0.1) is 0 Å². The van der Waals surface area contributed by atoms with Gasteiger partial charge >= 0.3 is 5.97 Å². The molecule has 130 valence electrons. The van der Waals surface area contributed by atoms with E-state index < -0.39 is 5.97 Å². The summed E-state index contributed by atoms with van der Waals surface area (Å²) in [6.07, 6.45) is 9.73. The fourth-order valence-electron chi connectivity index (χ4n) is 2.34. The Balaban J connectivity index is 2.28. The molecule has 25 heavy (non-hydrogen) atoms. The molecule has 0 aliphatic rings. The van der Waals surface area contributed by atoms with Crippen molar-refractivity contribution in [2.75, 3.05) is 6.61 Å². The van der Waals surface area contributed by atoms with Crippen LogP contribution in [-0.4, -0.2) is 22.2 Å². The van der Waals surface area contributed by atoms with Crippen LogP contribution < -0.4 is 10.3 Å². The van der Waals surface area contributed by atoms with Gasteiger partial charge in [-0.25, -0.2) is 0 Å². The zero-order valence-electron chi connectivity index (χ0n) is 14.3. The van der Waals surface area contributed by atoms with Crippen molar-refractivity contribution in [1.82, 2.24) is 4.57 Å². The Kier molecular flexibility index (Phi) is 6.34. The lowest BCUT2D eigenvalue weighted by Gasteiger charge is -2.11. The van der Waals surface area contributed by atoms with Crippen molar-refractivity contribution >= 4 is 16.9 Å². The van der Waals surface area contributed by atoms with Gasteiger partial charge in [-0.1, -0.05) is 30.4 Å². The molecule has 1 aromatic heterocycles. The first-order valence-corrected chi connectivity index (χ1v) is 7.98. The van der Waals surface area contributed by atoms with E-state index in [1.54, 1.807) is 18.2 Å². The lowest BCUT2D eigenvalue weighted by molar-refractivity contribution is -0.137. The summed E-state index contributed by atoms with van der Waals surface area (Å²) in [7, 11) is 0. The summed E-state index contributed by atoms with van der Waals surface area (Å²) < 4.78 is 7.02. The molecule has 0 fully saturated rings. The zero-order valence-corrected chi connectivity index (χ0v) is 14.3. The molecule has 0 saturated carbocycles. The normalized spacial score (nSPS) is 12.3. The highest BCUT2D eigenvalue weighted by atomic mass is 16.5. The maximum atomic E-state index is 12.0. The molecule has 5 nitrogen and oxygen atoms in total. The fraction of sp³-hybridized carbons (Fsp3) is 0.200. The molecule has 5 heteroatoms. The Labute approximate surface area is 146 Å². The standard InChI is InChI=1S/C20H21NO4/c1-3-5-6-7-15(4-2)14-25-17-10-8-16-9-11-19(22)21(13-20(23)24)18(16)12-17/h3-12H,13-14H2,1-2H3,(H,23,24)/b5-3-,7-6-,15-4+. The molecule has 2 aromatic rings. The minimum atomic E-state index is -1.06. The summed E-state index contributed by atoms with van der Waals surface area (Å²) >= 11 is 0. The molecule has 0 bridgehead atoms. The number of benzene rings is 1. The van der Waals surface area contributed by atoms with Crippen LogP contribution in [0.5, 0.6) is 5.75 Å². The van der Waals surface area contributed by atoms with Crippen molar-refractivity contribution in [3.05, 3.63) is 76.6 Å². The number of carboxylic acids is 1. The highest BCUT2D eigenvalue weighted by Gasteiger charge is 2.08. The number of carbonyl (C=O) groups is 1. The number of nitrogens with zero attached hydrogens (tertiary/aromatic N) is 1. The number of allylic oxidation sites excluding steroid dienone is 4.